The molecule has 0 saturated carbocycles. The minimum absolute atomic E-state index is 0.00292. The summed E-state index contributed by atoms with van der Waals surface area (Å²) in [7, 11) is 0. The quantitative estimate of drug-likeness (QED) is 0.776. The first-order chi connectivity index (χ1) is 11.7. The maximum absolute atomic E-state index is 11.5. The van der Waals surface area contributed by atoms with E-state index in [1.165, 1.54) is 0 Å². The molecule has 0 amide bonds. The molecular formula is C21H24O4. The van der Waals surface area contributed by atoms with E-state index in [1.54, 1.807) is 24.3 Å². The second-order valence-electron chi connectivity index (χ2n) is 6.83. The van der Waals surface area contributed by atoms with Gasteiger partial charge in [0.15, 0.2) is 0 Å². The van der Waals surface area contributed by atoms with Gasteiger partial charge in [0.1, 0.15) is 0 Å². The number of carboxylic acid groups (broad SMARTS) is 2. The Morgan fingerprint density at radius 2 is 1.16 bits per heavy atom. The van der Waals surface area contributed by atoms with E-state index in [2.05, 4.69) is 0 Å². The van der Waals surface area contributed by atoms with Gasteiger partial charge in [-0.2, -0.15) is 0 Å². The fraction of sp³-hybridized carbons (Fsp3) is 0.333. The predicted octanol–water partition coefficient (Wildman–Crippen LogP) is 5.00. The molecule has 2 aromatic carbocycles. The molecular weight excluding hydrogens is 316 g/mol. The van der Waals surface area contributed by atoms with Gasteiger partial charge in [0.2, 0.25) is 0 Å². The molecule has 0 spiro atoms. The van der Waals surface area contributed by atoms with Gasteiger partial charge in [-0.25, -0.2) is 9.59 Å². The van der Waals surface area contributed by atoms with Crippen LogP contribution in [0.5, 0.6) is 0 Å². The minimum atomic E-state index is -0.934. The first kappa shape index (κ1) is 18.7. The van der Waals surface area contributed by atoms with Gasteiger partial charge in [-0.05, 0) is 55.4 Å². The zero-order chi connectivity index (χ0) is 18.7. The van der Waals surface area contributed by atoms with Gasteiger partial charge in [0.25, 0.3) is 0 Å². The number of carbonyl (C=O) groups is 2. The van der Waals surface area contributed by atoms with Crippen LogP contribution in [0.4, 0.5) is 0 Å². The summed E-state index contributed by atoms with van der Waals surface area (Å²) in [4.78, 5) is 23.0. The van der Waals surface area contributed by atoms with Crippen molar-refractivity contribution in [2.75, 3.05) is 0 Å². The lowest BCUT2D eigenvalue weighted by molar-refractivity contribution is 0.0685. The highest BCUT2D eigenvalue weighted by atomic mass is 16.4. The van der Waals surface area contributed by atoms with Crippen molar-refractivity contribution in [1.82, 2.24) is 0 Å². The number of aryl methyl sites for hydroxylation is 2. The van der Waals surface area contributed by atoms with Crippen molar-refractivity contribution in [1.29, 1.82) is 0 Å². The number of hydrogen-bond donors (Lipinski definition) is 2. The fourth-order valence-electron chi connectivity index (χ4n) is 3.35. The number of aromatic carboxylic acids is 2. The molecule has 0 bridgehead atoms. The Balaban J connectivity index is 2.34. The number of hydrogen-bond acceptors (Lipinski definition) is 2. The first-order valence-corrected chi connectivity index (χ1v) is 8.38. The van der Waals surface area contributed by atoms with E-state index >= 15 is 0 Å². The van der Waals surface area contributed by atoms with Gasteiger partial charge in [0, 0.05) is 0 Å². The van der Waals surface area contributed by atoms with Crippen LogP contribution >= 0.6 is 0 Å². The third-order valence-electron chi connectivity index (χ3n) is 4.64. The summed E-state index contributed by atoms with van der Waals surface area (Å²) < 4.78 is 0. The molecule has 2 aromatic rings. The Hall–Kier alpha value is -2.62. The van der Waals surface area contributed by atoms with Crippen molar-refractivity contribution in [2.45, 2.75) is 46.0 Å². The van der Waals surface area contributed by atoms with Gasteiger partial charge >= 0.3 is 11.9 Å². The highest BCUT2D eigenvalue weighted by Crippen LogP contribution is 2.33. The van der Waals surface area contributed by atoms with Crippen LogP contribution in [0, 0.1) is 13.8 Å². The van der Waals surface area contributed by atoms with Gasteiger partial charge < -0.3 is 10.2 Å². The Morgan fingerprint density at radius 1 is 0.800 bits per heavy atom. The number of carboxylic acids is 2. The summed E-state index contributed by atoms with van der Waals surface area (Å²) >= 11 is 0. The molecule has 0 heterocycles. The summed E-state index contributed by atoms with van der Waals surface area (Å²) in [5, 5.41) is 18.9. The van der Waals surface area contributed by atoms with Crippen LogP contribution in [0.2, 0.25) is 0 Å². The molecule has 132 valence electrons. The number of rotatable bonds is 6. The Bertz CT molecular complexity index is 740. The zero-order valence-electron chi connectivity index (χ0n) is 15.0. The highest BCUT2D eigenvalue weighted by molar-refractivity contribution is 5.90. The summed E-state index contributed by atoms with van der Waals surface area (Å²) in [6, 6.07) is 10.7. The molecule has 25 heavy (non-hydrogen) atoms. The molecule has 0 aromatic heterocycles. The zero-order valence-corrected chi connectivity index (χ0v) is 15.0. The monoisotopic (exact) mass is 340 g/mol. The lowest BCUT2D eigenvalue weighted by atomic mass is 9.83. The SMILES string of the molecule is Cc1ccc(C(=O)O)c(C(C)CC(C)c2cc(C)ccc2C(=O)O)c1. The van der Waals surface area contributed by atoms with Gasteiger partial charge in [-0.1, -0.05) is 49.2 Å². The molecule has 0 saturated heterocycles. The normalized spacial score (nSPS) is 13.3. The molecule has 0 aliphatic heterocycles. The van der Waals surface area contributed by atoms with Crippen LogP contribution in [0.15, 0.2) is 36.4 Å². The summed E-state index contributed by atoms with van der Waals surface area (Å²) in [5.74, 6) is -1.86. The summed E-state index contributed by atoms with van der Waals surface area (Å²) in [5.41, 5.74) is 4.25. The van der Waals surface area contributed by atoms with E-state index in [0.717, 1.165) is 22.3 Å². The Labute approximate surface area is 148 Å². The maximum atomic E-state index is 11.5. The van der Waals surface area contributed by atoms with Crippen LogP contribution in [0.3, 0.4) is 0 Å². The molecule has 0 aliphatic rings. The average Bonchev–Trinajstić information content (AvgIpc) is 2.53. The Kier molecular flexibility index (Phi) is 5.62. The van der Waals surface area contributed by atoms with E-state index in [4.69, 9.17) is 0 Å². The third-order valence-corrected chi connectivity index (χ3v) is 4.64. The second-order valence-corrected chi connectivity index (χ2v) is 6.83. The first-order valence-electron chi connectivity index (χ1n) is 8.38. The van der Waals surface area contributed by atoms with Crippen molar-refractivity contribution < 1.29 is 19.8 Å². The average molecular weight is 340 g/mol. The smallest absolute Gasteiger partial charge is 0.335 e. The largest absolute Gasteiger partial charge is 0.478 e. The molecule has 2 atom stereocenters. The van der Waals surface area contributed by atoms with E-state index < -0.39 is 11.9 Å². The summed E-state index contributed by atoms with van der Waals surface area (Å²) in [6.07, 6.45) is 0.674. The lowest BCUT2D eigenvalue weighted by Gasteiger charge is -2.21. The molecule has 0 radical (unpaired) electrons. The molecule has 2 unspecified atom stereocenters. The van der Waals surface area contributed by atoms with Gasteiger partial charge in [-0.15, -0.1) is 0 Å². The lowest BCUT2D eigenvalue weighted by Crippen LogP contribution is -2.11. The van der Waals surface area contributed by atoms with Crippen molar-refractivity contribution in [2.24, 2.45) is 0 Å². The van der Waals surface area contributed by atoms with Crippen molar-refractivity contribution >= 4 is 11.9 Å². The molecule has 4 heteroatoms. The minimum Gasteiger partial charge on any atom is -0.478 e. The number of benzene rings is 2. The topological polar surface area (TPSA) is 74.6 Å². The molecule has 2 N–H and O–H groups in total. The van der Waals surface area contributed by atoms with Gasteiger partial charge in [-0.3, -0.25) is 0 Å². The second kappa shape index (κ2) is 7.51. The standard InChI is InChI=1S/C21H24O4/c1-12-5-7-16(20(22)23)18(9-12)14(3)11-15(4)19-10-13(2)6-8-17(19)21(24)25/h5-10,14-15H,11H2,1-4H3,(H,22,23)(H,24,25). The molecule has 0 aliphatic carbocycles. The highest BCUT2D eigenvalue weighted by Gasteiger charge is 2.21. The molecule has 4 nitrogen and oxygen atoms in total. The van der Waals surface area contributed by atoms with Crippen molar-refractivity contribution in [3.05, 3.63) is 69.8 Å². The molecule has 0 fully saturated rings. The van der Waals surface area contributed by atoms with Crippen LogP contribution < -0.4 is 0 Å². The van der Waals surface area contributed by atoms with Crippen molar-refractivity contribution in [3.8, 4) is 0 Å². The molecule has 2 rings (SSSR count). The maximum Gasteiger partial charge on any atom is 0.335 e. The van der Waals surface area contributed by atoms with Crippen LogP contribution in [-0.2, 0) is 0 Å². The van der Waals surface area contributed by atoms with Crippen LogP contribution in [-0.4, -0.2) is 22.2 Å². The van der Waals surface area contributed by atoms with Crippen LogP contribution in [0.25, 0.3) is 0 Å². The van der Waals surface area contributed by atoms with E-state index in [9.17, 15) is 19.8 Å². The summed E-state index contributed by atoms with van der Waals surface area (Å²) in [6.45, 7) is 7.87. The van der Waals surface area contributed by atoms with Gasteiger partial charge in [0.05, 0.1) is 11.1 Å². The predicted molar refractivity (Wildman–Crippen MR) is 97.7 cm³/mol. The van der Waals surface area contributed by atoms with Crippen LogP contribution in [0.1, 0.15) is 75.1 Å². The third kappa shape index (κ3) is 4.27. The van der Waals surface area contributed by atoms with Crippen molar-refractivity contribution in [3.63, 3.8) is 0 Å². The van der Waals surface area contributed by atoms with E-state index in [1.807, 2.05) is 39.8 Å². The Morgan fingerprint density at radius 3 is 1.48 bits per heavy atom. The van der Waals surface area contributed by atoms with E-state index in [0.29, 0.717) is 17.5 Å². The fourth-order valence-corrected chi connectivity index (χ4v) is 3.35. The van der Waals surface area contributed by atoms with E-state index in [-0.39, 0.29) is 11.8 Å².